The summed E-state index contributed by atoms with van der Waals surface area (Å²) in [7, 11) is 2.28. The van der Waals surface area contributed by atoms with Gasteiger partial charge in [-0.15, -0.1) is 0 Å². The van der Waals surface area contributed by atoms with E-state index in [1.165, 1.54) is 70.6 Å². The lowest BCUT2D eigenvalue weighted by atomic mass is 9.79. The molecular formula is C24H53NO3Si. The van der Waals surface area contributed by atoms with Gasteiger partial charge in [0.1, 0.15) is 0 Å². The third-order valence-electron chi connectivity index (χ3n) is 6.76. The largest absolute Gasteiger partial charge is 0.508 e. The molecule has 0 aromatic carbocycles. The molecule has 1 atom stereocenters. The Bertz CT molecular complexity index is 375. The highest BCUT2D eigenvalue weighted by molar-refractivity contribution is 6.64. The molecule has 29 heavy (non-hydrogen) atoms. The molecule has 4 nitrogen and oxygen atoms in total. The van der Waals surface area contributed by atoms with Crippen LogP contribution in [0.1, 0.15) is 124 Å². The summed E-state index contributed by atoms with van der Waals surface area (Å²) in [5.74, 6) is 0. The quantitative estimate of drug-likeness (QED) is 0.163. The van der Waals surface area contributed by atoms with E-state index in [9.17, 15) is 0 Å². The van der Waals surface area contributed by atoms with E-state index in [-0.39, 0.29) is 5.04 Å². The molecule has 0 aliphatic heterocycles. The van der Waals surface area contributed by atoms with E-state index in [1.807, 2.05) is 0 Å². The van der Waals surface area contributed by atoms with Crippen molar-refractivity contribution in [2.75, 3.05) is 21.3 Å². The van der Waals surface area contributed by atoms with Crippen LogP contribution in [0.15, 0.2) is 0 Å². The zero-order valence-corrected chi connectivity index (χ0v) is 21.9. The predicted molar refractivity (Wildman–Crippen MR) is 128 cm³/mol. The molecule has 0 spiro atoms. The van der Waals surface area contributed by atoms with Crippen LogP contribution in [0.5, 0.6) is 0 Å². The van der Waals surface area contributed by atoms with E-state index in [4.69, 9.17) is 19.0 Å². The summed E-state index contributed by atoms with van der Waals surface area (Å²) in [5.41, 5.74) is 6.33. The Labute approximate surface area is 184 Å². The summed E-state index contributed by atoms with van der Waals surface area (Å²) in [6, 6.07) is 0. The molecule has 0 aromatic heterocycles. The Kier molecular flexibility index (Phi) is 15.8. The first-order chi connectivity index (χ1) is 13.8. The fraction of sp³-hybridized carbons (Fsp3) is 1.00. The predicted octanol–water partition coefficient (Wildman–Crippen LogP) is 7.23. The van der Waals surface area contributed by atoms with Gasteiger partial charge in [0.25, 0.3) is 0 Å². The van der Waals surface area contributed by atoms with Crippen molar-refractivity contribution >= 4 is 8.80 Å². The molecule has 0 saturated carbocycles. The molecular weight excluding hydrogens is 378 g/mol. The van der Waals surface area contributed by atoms with Gasteiger partial charge in [-0.1, -0.05) is 97.3 Å². The van der Waals surface area contributed by atoms with Gasteiger partial charge in [0.2, 0.25) is 0 Å². The van der Waals surface area contributed by atoms with Crippen LogP contribution < -0.4 is 5.73 Å². The Morgan fingerprint density at radius 3 is 1.28 bits per heavy atom. The maximum atomic E-state index is 6.75. The van der Waals surface area contributed by atoms with Crippen molar-refractivity contribution in [2.45, 2.75) is 135 Å². The van der Waals surface area contributed by atoms with Crippen molar-refractivity contribution in [2.24, 2.45) is 5.73 Å². The van der Waals surface area contributed by atoms with Crippen LogP contribution in [0.2, 0.25) is 5.04 Å². The lowest BCUT2D eigenvalue weighted by Gasteiger charge is -2.51. The van der Waals surface area contributed by atoms with Gasteiger partial charge >= 0.3 is 8.80 Å². The monoisotopic (exact) mass is 431 g/mol. The Morgan fingerprint density at radius 2 is 0.966 bits per heavy atom. The summed E-state index contributed by atoms with van der Waals surface area (Å²) in [4.78, 5) is 0. The van der Waals surface area contributed by atoms with Crippen LogP contribution in [0.3, 0.4) is 0 Å². The Balaban J connectivity index is 4.49. The fourth-order valence-corrected chi connectivity index (χ4v) is 8.50. The molecule has 176 valence electrons. The van der Waals surface area contributed by atoms with E-state index in [0.29, 0.717) is 0 Å². The zero-order valence-electron chi connectivity index (χ0n) is 20.9. The minimum Gasteiger partial charge on any atom is -0.376 e. The molecule has 0 heterocycles. The van der Waals surface area contributed by atoms with E-state index in [2.05, 4.69) is 27.7 Å². The van der Waals surface area contributed by atoms with Gasteiger partial charge < -0.3 is 19.0 Å². The van der Waals surface area contributed by atoms with Crippen molar-refractivity contribution in [3.8, 4) is 0 Å². The third-order valence-corrected chi connectivity index (χ3v) is 10.7. The van der Waals surface area contributed by atoms with Crippen molar-refractivity contribution in [3.05, 3.63) is 0 Å². The standard InChI is InChI=1S/C24H53NO3Si/c1-8-10-11-12-13-14-15-16-17-18-19-20-22-24(21-9-2,23(3,4)25)29(26-5,27-6)28-7/h8-22,25H2,1-7H3. The highest BCUT2D eigenvalue weighted by Crippen LogP contribution is 2.55. The van der Waals surface area contributed by atoms with E-state index in [0.717, 1.165) is 25.7 Å². The number of rotatable bonds is 20. The van der Waals surface area contributed by atoms with Gasteiger partial charge in [-0.2, -0.15) is 0 Å². The number of unbranched alkanes of at least 4 members (excludes halogenated alkanes) is 11. The Hall–Kier alpha value is 0.0569. The molecule has 1 unspecified atom stereocenters. The van der Waals surface area contributed by atoms with Crippen LogP contribution in [-0.4, -0.2) is 35.7 Å². The molecule has 0 aliphatic carbocycles. The molecule has 0 amide bonds. The van der Waals surface area contributed by atoms with Crippen molar-refractivity contribution < 1.29 is 13.3 Å². The minimum atomic E-state index is -2.88. The molecule has 0 aliphatic rings. The number of nitrogens with two attached hydrogens (primary N) is 1. The first-order valence-corrected chi connectivity index (χ1v) is 14.0. The molecule has 0 saturated heterocycles. The van der Waals surface area contributed by atoms with Crippen LogP contribution in [-0.2, 0) is 13.3 Å². The molecule has 0 aromatic rings. The van der Waals surface area contributed by atoms with Crippen molar-refractivity contribution in [3.63, 3.8) is 0 Å². The first-order valence-electron chi connectivity index (χ1n) is 12.2. The molecule has 5 heteroatoms. The van der Waals surface area contributed by atoms with Crippen LogP contribution in [0.25, 0.3) is 0 Å². The maximum absolute atomic E-state index is 6.75. The van der Waals surface area contributed by atoms with Gasteiger partial charge in [0.05, 0.1) is 5.04 Å². The van der Waals surface area contributed by atoms with E-state index < -0.39 is 14.3 Å². The SMILES string of the molecule is CCCCCCCCCCCCCCC(CCC)(C(C)(C)N)[Si](OC)(OC)OC. The first kappa shape index (κ1) is 29.1. The summed E-state index contributed by atoms with van der Waals surface area (Å²) >= 11 is 0. The van der Waals surface area contributed by atoms with Gasteiger partial charge in [0, 0.05) is 26.9 Å². The molecule has 0 rings (SSSR count). The second-order valence-corrected chi connectivity index (χ2v) is 12.7. The molecule has 2 N–H and O–H groups in total. The number of hydrogen-bond acceptors (Lipinski definition) is 4. The van der Waals surface area contributed by atoms with Crippen LogP contribution in [0, 0.1) is 0 Å². The van der Waals surface area contributed by atoms with Crippen LogP contribution >= 0.6 is 0 Å². The maximum Gasteiger partial charge on any atom is 0.508 e. The van der Waals surface area contributed by atoms with Crippen molar-refractivity contribution in [1.29, 1.82) is 0 Å². The Morgan fingerprint density at radius 1 is 0.586 bits per heavy atom. The second-order valence-electron chi connectivity index (χ2n) is 9.36. The molecule has 0 radical (unpaired) electrons. The normalized spacial score (nSPS) is 14.9. The van der Waals surface area contributed by atoms with E-state index in [1.54, 1.807) is 21.3 Å². The average Bonchev–Trinajstić information content (AvgIpc) is 2.69. The summed E-state index contributed by atoms with van der Waals surface area (Å²) in [6.45, 7) is 8.72. The van der Waals surface area contributed by atoms with Crippen molar-refractivity contribution in [1.82, 2.24) is 0 Å². The minimum absolute atomic E-state index is 0.258. The topological polar surface area (TPSA) is 53.7 Å². The third kappa shape index (κ3) is 8.98. The van der Waals surface area contributed by atoms with Gasteiger partial charge in [-0.25, -0.2) is 0 Å². The smallest absolute Gasteiger partial charge is 0.376 e. The van der Waals surface area contributed by atoms with Gasteiger partial charge in [0.15, 0.2) is 0 Å². The van der Waals surface area contributed by atoms with E-state index >= 15 is 0 Å². The summed E-state index contributed by atoms with van der Waals surface area (Å²) in [5, 5.41) is -0.258. The highest BCUT2D eigenvalue weighted by Gasteiger charge is 2.64. The highest BCUT2D eigenvalue weighted by atomic mass is 28.4. The van der Waals surface area contributed by atoms with Gasteiger partial charge in [-0.05, 0) is 26.7 Å². The zero-order chi connectivity index (χ0) is 22.2. The van der Waals surface area contributed by atoms with Gasteiger partial charge in [-0.3, -0.25) is 0 Å². The number of hydrogen-bond donors (Lipinski definition) is 1. The lowest BCUT2D eigenvalue weighted by Crippen LogP contribution is -2.65. The summed E-state index contributed by atoms with van der Waals surface area (Å²) in [6.07, 6.45) is 19.3. The summed E-state index contributed by atoms with van der Waals surface area (Å²) < 4.78 is 17.9. The lowest BCUT2D eigenvalue weighted by molar-refractivity contribution is 0.0594. The second kappa shape index (κ2) is 15.8. The fourth-order valence-electron chi connectivity index (χ4n) is 5.00. The van der Waals surface area contributed by atoms with Crippen LogP contribution in [0.4, 0.5) is 0 Å². The molecule has 0 fully saturated rings. The average molecular weight is 432 g/mol. The molecule has 0 bridgehead atoms.